The van der Waals surface area contributed by atoms with E-state index in [0.29, 0.717) is 12.1 Å². The van der Waals surface area contributed by atoms with Gasteiger partial charge in [-0.05, 0) is 40.5 Å². The van der Waals surface area contributed by atoms with E-state index in [9.17, 15) is 4.79 Å². The van der Waals surface area contributed by atoms with Gasteiger partial charge < -0.3 is 11.1 Å². The third kappa shape index (κ3) is 6.62. The zero-order valence-corrected chi connectivity index (χ0v) is 13.1. The smallest absolute Gasteiger partial charge is 0.224 e. The van der Waals surface area contributed by atoms with E-state index in [1.165, 1.54) is 25.7 Å². The molecule has 1 amide bonds. The van der Waals surface area contributed by atoms with Crippen molar-refractivity contribution in [2.75, 3.05) is 11.1 Å². The van der Waals surface area contributed by atoms with Crippen LogP contribution in [0.5, 0.6) is 0 Å². The molecule has 0 aliphatic heterocycles. The van der Waals surface area contributed by atoms with E-state index in [1.54, 1.807) is 6.07 Å². The van der Waals surface area contributed by atoms with Crippen LogP contribution in [0.2, 0.25) is 0 Å². The van der Waals surface area contributed by atoms with Crippen LogP contribution in [0.4, 0.5) is 11.4 Å². The maximum absolute atomic E-state index is 11.7. The number of nitrogens with one attached hydrogen (secondary N) is 1. The molecule has 1 aromatic carbocycles. The average Bonchev–Trinajstić information content (AvgIpc) is 2.38. The largest absolute Gasteiger partial charge is 0.398 e. The van der Waals surface area contributed by atoms with Crippen LogP contribution >= 0.6 is 15.9 Å². The quantitative estimate of drug-likeness (QED) is 0.536. The Morgan fingerprint density at radius 1 is 1.21 bits per heavy atom. The van der Waals surface area contributed by atoms with Crippen molar-refractivity contribution in [3.05, 3.63) is 22.7 Å². The zero-order chi connectivity index (χ0) is 14.1. The van der Waals surface area contributed by atoms with Crippen molar-refractivity contribution in [3.63, 3.8) is 0 Å². The Morgan fingerprint density at radius 3 is 2.58 bits per heavy atom. The first-order chi connectivity index (χ1) is 9.13. The molecule has 0 aliphatic rings. The molecule has 1 aromatic rings. The molecule has 0 radical (unpaired) electrons. The van der Waals surface area contributed by atoms with Crippen molar-refractivity contribution in [1.29, 1.82) is 0 Å². The Bertz CT molecular complexity index is 407. The summed E-state index contributed by atoms with van der Waals surface area (Å²) in [6.45, 7) is 2.21. The van der Waals surface area contributed by atoms with Crippen molar-refractivity contribution in [3.8, 4) is 0 Å². The lowest BCUT2D eigenvalue weighted by Crippen LogP contribution is -2.11. The van der Waals surface area contributed by atoms with Crippen LogP contribution in [-0.4, -0.2) is 5.91 Å². The van der Waals surface area contributed by atoms with E-state index in [4.69, 9.17) is 5.73 Å². The van der Waals surface area contributed by atoms with Gasteiger partial charge in [0.15, 0.2) is 0 Å². The summed E-state index contributed by atoms with van der Waals surface area (Å²) in [6, 6.07) is 5.46. The number of hydrogen-bond donors (Lipinski definition) is 2. The monoisotopic (exact) mass is 326 g/mol. The minimum Gasteiger partial charge on any atom is -0.398 e. The Kier molecular flexibility index (Phi) is 7.56. The second-order valence-electron chi connectivity index (χ2n) is 4.80. The van der Waals surface area contributed by atoms with E-state index >= 15 is 0 Å². The lowest BCUT2D eigenvalue weighted by molar-refractivity contribution is -0.116. The van der Waals surface area contributed by atoms with Crippen molar-refractivity contribution in [1.82, 2.24) is 0 Å². The second kappa shape index (κ2) is 8.97. The third-order valence-electron chi connectivity index (χ3n) is 3.04. The number of rotatable bonds is 8. The molecule has 1 rings (SSSR count). The highest BCUT2D eigenvalue weighted by Gasteiger charge is 2.03. The van der Waals surface area contributed by atoms with Gasteiger partial charge in [-0.15, -0.1) is 0 Å². The average molecular weight is 327 g/mol. The number of anilines is 2. The highest BCUT2D eigenvalue weighted by molar-refractivity contribution is 9.10. The highest BCUT2D eigenvalue weighted by Crippen LogP contribution is 2.23. The number of benzene rings is 1. The van der Waals surface area contributed by atoms with Gasteiger partial charge >= 0.3 is 0 Å². The van der Waals surface area contributed by atoms with Gasteiger partial charge in [-0.3, -0.25) is 4.79 Å². The lowest BCUT2D eigenvalue weighted by atomic mass is 10.1. The van der Waals surface area contributed by atoms with E-state index in [-0.39, 0.29) is 5.91 Å². The first-order valence-electron chi connectivity index (χ1n) is 6.98. The topological polar surface area (TPSA) is 55.1 Å². The molecular weight excluding hydrogens is 304 g/mol. The summed E-state index contributed by atoms with van der Waals surface area (Å²) in [5, 5.41) is 2.87. The molecule has 0 unspecified atom stereocenters. The van der Waals surface area contributed by atoms with E-state index in [1.807, 2.05) is 12.1 Å². The van der Waals surface area contributed by atoms with Gasteiger partial charge in [0, 0.05) is 22.3 Å². The van der Waals surface area contributed by atoms with Crippen LogP contribution in [0.25, 0.3) is 0 Å². The Morgan fingerprint density at radius 2 is 1.89 bits per heavy atom. The summed E-state index contributed by atoms with van der Waals surface area (Å²) < 4.78 is 0.849. The molecule has 3 N–H and O–H groups in total. The number of nitrogens with two attached hydrogens (primary N) is 1. The number of unbranched alkanes of at least 4 members (excludes halogenated alkanes) is 5. The van der Waals surface area contributed by atoms with E-state index in [0.717, 1.165) is 23.0 Å². The number of amides is 1. The predicted octanol–water partition coefficient (Wildman–Crippen LogP) is 4.72. The van der Waals surface area contributed by atoms with Crippen LogP contribution in [0.3, 0.4) is 0 Å². The number of hydrogen-bond acceptors (Lipinski definition) is 2. The maximum Gasteiger partial charge on any atom is 0.224 e. The minimum atomic E-state index is 0.0669. The van der Waals surface area contributed by atoms with Crippen molar-refractivity contribution >= 4 is 33.2 Å². The van der Waals surface area contributed by atoms with Crippen molar-refractivity contribution in [2.24, 2.45) is 0 Å². The highest BCUT2D eigenvalue weighted by atomic mass is 79.9. The summed E-state index contributed by atoms with van der Waals surface area (Å²) in [5.41, 5.74) is 7.16. The fraction of sp³-hybridized carbons (Fsp3) is 0.533. The minimum absolute atomic E-state index is 0.0669. The second-order valence-corrected chi connectivity index (χ2v) is 5.66. The molecule has 0 saturated heterocycles. The third-order valence-corrected chi connectivity index (χ3v) is 3.76. The fourth-order valence-corrected chi connectivity index (χ4v) is 2.16. The van der Waals surface area contributed by atoms with Crippen LogP contribution in [0.15, 0.2) is 22.7 Å². The number of nitrogen functional groups attached to an aromatic ring is 1. The maximum atomic E-state index is 11.7. The molecule has 0 bridgehead atoms. The summed E-state index contributed by atoms with van der Waals surface area (Å²) in [7, 11) is 0. The number of halogens is 1. The van der Waals surface area contributed by atoms with Gasteiger partial charge in [-0.1, -0.05) is 39.0 Å². The molecule has 0 heterocycles. The molecule has 0 spiro atoms. The van der Waals surface area contributed by atoms with Crippen LogP contribution in [-0.2, 0) is 4.79 Å². The Hall–Kier alpha value is -1.03. The SMILES string of the molecule is CCCCCCCCC(=O)Nc1ccc(Br)c(N)c1. The Balaban J connectivity index is 2.21. The zero-order valence-electron chi connectivity index (χ0n) is 11.5. The molecule has 4 heteroatoms. The van der Waals surface area contributed by atoms with Gasteiger partial charge in [0.05, 0.1) is 0 Å². The summed E-state index contributed by atoms with van der Waals surface area (Å²) in [6.07, 6.45) is 7.74. The molecule has 19 heavy (non-hydrogen) atoms. The molecular formula is C15H23BrN2O. The summed E-state index contributed by atoms with van der Waals surface area (Å²) in [5.74, 6) is 0.0669. The van der Waals surface area contributed by atoms with Gasteiger partial charge in [0.1, 0.15) is 0 Å². The van der Waals surface area contributed by atoms with Gasteiger partial charge in [-0.25, -0.2) is 0 Å². The van der Waals surface area contributed by atoms with Gasteiger partial charge in [0.25, 0.3) is 0 Å². The van der Waals surface area contributed by atoms with Crippen LogP contribution in [0, 0.1) is 0 Å². The Labute approximate surface area is 124 Å². The van der Waals surface area contributed by atoms with E-state index < -0.39 is 0 Å². The molecule has 0 aliphatic carbocycles. The van der Waals surface area contributed by atoms with Crippen molar-refractivity contribution in [2.45, 2.75) is 51.9 Å². The number of carbonyl (C=O) groups is 1. The molecule has 3 nitrogen and oxygen atoms in total. The first kappa shape index (κ1) is 16.0. The van der Waals surface area contributed by atoms with Crippen LogP contribution < -0.4 is 11.1 Å². The molecule has 106 valence electrons. The molecule has 0 aromatic heterocycles. The van der Waals surface area contributed by atoms with Crippen molar-refractivity contribution < 1.29 is 4.79 Å². The summed E-state index contributed by atoms with van der Waals surface area (Å²) >= 11 is 3.33. The van der Waals surface area contributed by atoms with Crippen LogP contribution in [0.1, 0.15) is 51.9 Å². The molecule has 0 saturated carbocycles. The molecule has 0 fully saturated rings. The summed E-state index contributed by atoms with van der Waals surface area (Å²) in [4.78, 5) is 11.7. The normalized spacial score (nSPS) is 10.4. The standard InChI is InChI=1S/C15H23BrN2O/c1-2-3-4-5-6-7-8-15(19)18-12-9-10-13(16)14(17)11-12/h9-11H,2-8,17H2,1H3,(H,18,19). The van der Waals surface area contributed by atoms with E-state index in [2.05, 4.69) is 28.2 Å². The lowest BCUT2D eigenvalue weighted by Gasteiger charge is -2.07. The van der Waals surface area contributed by atoms with Gasteiger partial charge in [-0.2, -0.15) is 0 Å². The first-order valence-corrected chi connectivity index (χ1v) is 7.77. The molecule has 0 atom stereocenters. The fourth-order valence-electron chi connectivity index (χ4n) is 1.91. The predicted molar refractivity (Wildman–Crippen MR) is 85.2 cm³/mol. The van der Waals surface area contributed by atoms with Gasteiger partial charge in [0.2, 0.25) is 5.91 Å². The number of carbonyl (C=O) groups excluding carboxylic acids is 1.